The molecule has 0 radical (unpaired) electrons. The third kappa shape index (κ3) is 16.0. The van der Waals surface area contributed by atoms with Gasteiger partial charge in [-0.2, -0.15) is 0 Å². The Morgan fingerprint density at radius 2 is 0.305 bits per heavy atom. The van der Waals surface area contributed by atoms with Crippen molar-refractivity contribution in [3.8, 4) is 69.0 Å². The van der Waals surface area contributed by atoms with Crippen molar-refractivity contribution >= 4 is 94.1 Å². The number of ether oxygens (including phenoxy) is 12. The molecule has 576 valence electrons. The molecule has 0 fully saturated rings. The standard InChI is InChI=1S/C42H54O12S3.C42H60O6/c1-7-13-19-49-31-32(50-20-14-8-2)38-26-25-27-29-30-28(26)40(56(38,45)46)35(53-23-17-11-5)36(54-24-18-12-6)42(30)57(47,48)41(29)34(52-22-16-10-4)33(51-21-15-9-3)39(27)55(43,44)37(25)31;1-7-13-19-43-37-25-31-32(26-38(37)44-20-14-8-2)34-28-40(46-22-16-10-4)42(48-24-18-12-6)30-36(34)35-29-41(47-23-17-11-5)39(27-33(31)35)45-21-15-9-3/h7-24H2,1-6H3;25-30H,7-24H2,1-6H3. The Labute approximate surface area is 623 Å². The van der Waals surface area contributed by atoms with Crippen LogP contribution in [0.1, 0.15) is 237 Å². The second kappa shape index (κ2) is 37.1. The minimum absolute atomic E-state index is 0.0723. The number of hydrogen-bond donors (Lipinski definition) is 0. The number of fused-ring (bicyclic) bond motifs is 6. The maximum absolute atomic E-state index is 15.5. The average molecular weight is 1510 g/mol. The van der Waals surface area contributed by atoms with Crippen molar-refractivity contribution in [1.29, 1.82) is 0 Å². The molecule has 0 unspecified atom stereocenters. The van der Waals surface area contributed by atoms with Gasteiger partial charge in [-0.1, -0.05) is 160 Å². The van der Waals surface area contributed by atoms with E-state index in [0.717, 1.165) is 182 Å². The van der Waals surface area contributed by atoms with E-state index in [1.807, 2.05) is 41.5 Å². The molecule has 3 heterocycles. The fourth-order valence-corrected chi connectivity index (χ4v) is 19.4. The average Bonchev–Trinajstić information content (AvgIpc) is 1.46. The van der Waals surface area contributed by atoms with Gasteiger partial charge in [0.2, 0.25) is 29.5 Å². The van der Waals surface area contributed by atoms with Gasteiger partial charge in [0.05, 0.1) is 79.3 Å². The van der Waals surface area contributed by atoms with Gasteiger partial charge < -0.3 is 56.8 Å². The van der Waals surface area contributed by atoms with Crippen LogP contribution in [0.4, 0.5) is 0 Å². The first-order valence-corrected chi connectivity index (χ1v) is 44.0. The molecule has 11 rings (SSSR count). The van der Waals surface area contributed by atoms with Crippen LogP contribution in [0.2, 0.25) is 0 Å². The van der Waals surface area contributed by atoms with Crippen LogP contribution >= 0.6 is 0 Å². The molecule has 3 aliphatic rings. The summed E-state index contributed by atoms with van der Waals surface area (Å²) in [5.41, 5.74) is 0. The van der Waals surface area contributed by atoms with E-state index in [2.05, 4.69) is 77.9 Å². The van der Waals surface area contributed by atoms with E-state index in [4.69, 9.17) is 56.8 Å². The zero-order chi connectivity index (χ0) is 75.0. The van der Waals surface area contributed by atoms with Gasteiger partial charge >= 0.3 is 0 Å². The van der Waals surface area contributed by atoms with E-state index in [-0.39, 0.29) is 136 Å². The van der Waals surface area contributed by atoms with Gasteiger partial charge in [0.25, 0.3) is 0 Å². The van der Waals surface area contributed by atoms with Crippen molar-refractivity contribution in [2.24, 2.45) is 0 Å². The summed E-state index contributed by atoms with van der Waals surface area (Å²) in [6.45, 7) is 29.2. The van der Waals surface area contributed by atoms with E-state index in [9.17, 15) is 0 Å². The smallest absolute Gasteiger partial charge is 0.215 e. The summed E-state index contributed by atoms with van der Waals surface area (Å²) >= 11 is 0. The Bertz CT molecular complexity index is 3940. The van der Waals surface area contributed by atoms with Crippen molar-refractivity contribution in [2.75, 3.05) is 79.3 Å². The van der Waals surface area contributed by atoms with Crippen molar-refractivity contribution in [2.45, 2.75) is 267 Å². The fourth-order valence-electron chi connectivity index (χ4n) is 13.6. The molecule has 3 aliphatic heterocycles. The summed E-state index contributed by atoms with van der Waals surface area (Å²) < 4.78 is 170. The Hall–Kier alpha value is -7.23. The Kier molecular flexibility index (Phi) is 28.3. The van der Waals surface area contributed by atoms with E-state index in [0.29, 0.717) is 78.2 Å². The summed E-state index contributed by atoms with van der Waals surface area (Å²) in [6.07, 6.45) is 19.9. The molecule has 8 aromatic carbocycles. The molecule has 0 aliphatic carbocycles. The summed E-state index contributed by atoms with van der Waals surface area (Å²) in [6, 6.07) is 13.0. The van der Waals surface area contributed by atoms with Crippen molar-refractivity contribution in [3.63, 3.8) is 0 Å². The zero-order valence-corrected chi connectivity index (χ0v) is 66.9. The highest BCUT2D eigenvalue weighted by Crippen LogP contribution is 2.70. The normalized spacial score (nSPS) is 13.8. The monoisotopic (exact) mass is 1510 g/mol. The first-order valence-electron chi connectivity index (χ1n) is 39.6. The molecule has 0 aromatic heterocycles. The molecule has 0 saturated heterocycles. The molecule has 0 atom stereocenters. The summed E-state index contributed by atoms with van der Waals surface area (Å²) in [4.78, 5) is -1.56. The molecule has 0 spiro atoms. The summed E-state index contributed by atoms with van der Waals surface area (Å²) in [7, 11) is -13.8. The molecule has 0 saturated carbocycles. The fraction of sp³-hybridized carbons (Fsp3) is 0.571. The highest BCUT2D eigenvalue weighted by Gasteiger charge is 2.55. The number of benzene rings is 8. The van der Waals surface area contributed by atoms with E-state index in [1.165, 1.54) is 0 Å². The van der Waals surface area contributed by atoms with Crippen molar-refractivity contribution in [3.05, 3.63) is 36.4 Å². The molecule has 0 N–H and O–H groups in total. The molecule has 105 heavy (non-hydrogen) atoms. The highest BCUT2D eigenvalue weighted by molar-refractivity contribution is 7.94. The Morgan fingerprint density at radius 1 is 0.190 bits per heavy atom. The van der Waals surface area contributed by atoms with Crippen molar-refractivity contribution < 1.29 is 82.1 Å². The lowest BCUT2D eigenvalue weighted by Crippen LogP contribution is -2.12. The highest BCUT2D eigenvalue weighted by atomic mass is 32.2. The van der Waals surface area contributed by atoms with Gasteiger partial charge in [0, 0.05) is 32.3 Å². The van der Waals surface area contributed by atoms with E-state index >= 15 is 25.3 Å². The van der Waals surface area contributed by atoms with Gasteiger partial charge in [-0.25, -0.2) is 25.3 Å². The molecule has 21 heteroatoms. The molecular formula is C84H114O18S3. The molecule has 0 amide bonds. The van der Waals surface area contributed by atoms with Gasteiger partial charge in [-0.05, 0) is 146 Å². The SMILES string of the molecule is CCCCOc1c(OCCCC)c2c3c4c1S(=O)(=O)c1c(OCCCC)c(OCCCC)c5c(c14)c1c(c(OCCCC)c(OCCCC)c(c31)S2(=O)=O)S5(=O)=O.CCCCOc1cc2c3cc(OCCCC)c(OCCCC)cc3c3cc(OCCCC)c(OCCCC)cc3c2cc1OCCCC. The van der Waals surface area contributed by atoms with Crippen LogP contribution in [0.3, 0.4) is 0 Å². The maximum Gasteiger partial charge on any atom is 0.215 e. The largest absolute Gasteiger partial charge is 0.490 e. The number of hydrogen-bond acceptors (Lipinski definition) is 18. The number of sulfone groups is 3. The molecule has 8 aromatic rings. The van der Waals surface area contributed by atoms with Gasteiger partial charge in [0.1, 0.15) is 29.4 Å². The van der Waals surface area contributed by atoms with Crippen LogP contribution in [0, 0.1) is 0 Å². The Morgan fingerprint density at radius 3 is 0.419 bits per heavy atom. The first-order chi connectivity index (χ1) is 51.0. The predicted molar refractivity (Wildman–Crippen MR) is 419 cm³/mol. The van der Waals surface area contributed by atoms with Crippen LogP contribution in [-0.2, 0) is 29.5 Å². The van der Waals surface area contributed by atoms with Crippen LogP contribution in [0.5, 0.6) is 69.0 Å². The summed E-state index contributed by atoms with van der Waals surface area (Å²) in [5.74, 6) is 3.44. The van der Waals surface area contributed by atoms with E-state index in [1.54, 1.807) is 0 Å². The first kappa shape index (κ1) is 80.3. The lowest BCUT2D eigenvalue weighted by atomic mass is 9.93. The minimum Gasteiger partial charge on any atom is -0.490 e. The maximum atomic E-state index is 15.5. The third-order valence-corrected chi connectivity index (χ3v) is 25.0. The zero-order valence-electron chi connectivity index (χ0n) is 64.5. The third-order valence-electron chi connectivity index (χ3n) is 19.5. The topological polar surface area (TPSA) is 213 Å². The second-order valence-electron chi connectivity index (χ2n) is 27.7. The molecular weight excluding hydrogens is 1390 g/mol. The molecule has 18 nitrogen and oxygen atoms in total. The quantitative estimate of drug-likeness (QED) is 0.0256. The van der Waals surface area contributed by atoms with Crippen molar-refractivity contribution in [1.82, 2.24) is 0 Å². The van der Waals surface area contributed by atoms with Gasteiger partial charge in [-0.3, -0.25) is 0 Å². The Balaban J connectivity index is 0.000000229. The predicted octanol–water partition coefficient (Wildman–Crippen LogP) is 21.9. The number of rotatable bonds is 48. The second-order valence-corrected chi connectivity index (χ2v) is 33.1. The van der Waals surface area contributed by atoms with Gasteiger partial charge in [0.15, 0.2) is 69.0 Å². The van der Waals surface area contributed by atoms with Crippen LogP contribution in [0.25, 0.3) is 64.6 Å². The van der Waals surface area contributed by atoms with Crippen LogP contribution in [0.15, 0.2) is 65.8 Å². The lowest BCUT2D eigenvalue weighted by molar-refractivity contribution is 0.251. The van der Waals surface area contributed by atoms with Crippen LogP contribution in [-0.4, -0.2) is 105 Å². The van der Waals surface area contributed by atoms with Crippen LogP contribution < -0.4 is 56.8 Å². The number of unbranched alkanes of at least 4 members (excludes halogenated alkanes) is 12. The minimum atomic E-state index is -4.61. The van der Waals surface area contributed by atoms with E-state index < -0.39 is 29.5 Å². The lowest BCUT2D eigenvalue weighted by Gasteiger charge is -2.20. The van der Waals surface area contributed by atoms with Gasteiger partial charge in [-0.15, -0.1) is 0 Å². The molecule has 0 bridgehead atoms. The summed E-state index contributed by atoms with van der Waals surface area (Å²) in [5, 5.41) is 6.97.